The minimum atomic E-state index is -1.87. The van der Waals surface area contributed by atoms with E-state index in [1.807, 2.05) is 66.7 Å². The molecule has 0 radical (unpaired) electrons. The molecule has 198 valence electrons. The standard InChI is InChI=1S/C29H23ClN2O6S/c1-18-23(30)25(29(35)38-26(19-11-5-2-6-12-19)20-13-7-3-8-14-20)32-27(34)24(28(32)39(18)36)31-22(33)17-37-21-15-9-4-10-16-21/h2-16,24,26,28H,1,17H2,(H,31,33)/t24-,28-,39?/m1/s1. The van der Waals surface area contributed by atoms with Gasteiger partial charge in [0, 0.05) is 0 Å². The number of para-hydroxylation sites is 1. The highest BCUT2D eigenvalue weighted by atomic mass is 35.5. The van der Waals surface area contributed by atoms with Crippen molar-refractivity contribution in [1.29, 1.82) is 0 Å². The predicted molar refractivity (Wildman–Crippen MR) is 145 cm³/mol. The van der Waals surface area contributed by atoms with Crippen LogP contribution in [0.15, 0.2) is 113 Å². The largest absolute Gasteiger partial charge is 0.484 e. The van der Waals surface area contributed by atoms with E-state index < -0.39 is 46.1 Å². The normalized spacial score (nSPS) is 20.3. The fourth-order valence-corrected chi connectivity index (χ4v) is 6.14. The Labute approximate surface area is 232 Å². The number of amides is 2. The zero-order valence-electron chi connectivity index (χ0n) is 20.5. The van der Waals surface area contributed by atoms with Crippen LogP contribution < -0.4 is 10.1 Å². The van der Waals surface area contributed by atoms with Gasteiger partial charge in [0.2, 0.25) is 0 Å². The van der Waals surface area contributed by atoms with Gasteiger partial charge in [-0.15, -0.1) is 0 Å². The predicted octanol–water partition coefficient (Wildman–Crippen LogP) is 3.78. The van der Waals surface area contributed by atoms with E-state index in [9.17, 15) is 18.6 Å². The molecule has 0 bridgehead atoms. The molecule has 5 rings (SSSR count). The molecule has 1 unspecified atom stereocenters. The zero-order valence-corrected chi connectivity index (χ0v) is 22.1. The Bertz CT molecular complexity index is 1440. The number of carbonyl (C=O) groups excluding carboxylic acids is 3. The summed E-state index contributed by atoms with van der Waals surface area (Å²) in [4.78, 5) is 40.2. The SMILES string of the molecule is C=C1C(Cl)=C(C(=O)OC(c2ccccc2)c2ccccc2)N2C(=O)[C@@H](NC(=O)COc3ccccc3)[C@H]2S1=O. The molecular formula is C29H23ClN2O6S. The van der Waals surface area contributed by atoms with E-state index in [2.05, 4.69) is 11.9 Å². The quantitative estimate of drug-likeness (QED) is 0.331. The number of ether oxygens (including phenoxy) is 2. The van der Waals surface area contributed by atoms with Gasteiger partial charge in [0.25, 0.3) is 11.8 Å². The third-order valence-electron chi connectivity index (χ3n) is 6.25. The molecule has 2 heterocycles. The maximum absolute atomic E-state index is 13.5. The summed E-state index contributed by atoms with van der Waals surface area (Å²) < 4.78 is 24.4. The van der Waals surface area contributed by atoms with E-state index in [0.717, 1.165) is 4.90 Å². The maximum Gasteiger partial charge on any atom is 0.357 e. The molecule has 1 fully saturated rings. The number of hydrogen-bond donors (Lipinski definition) is 1. The Morgan fingerprint density at radius 2 is 1.49 bits per heavy atom. The van der Waals surface area contributed by atoms with Gasteiger partial charge in [0.15, 0.2) is 18.4 Å². The second-order valence-electron chi connectivity index (χ2n) is 8.74. The van der Waals surface area contributed by atoms with Crippen molar-refractivity contribution < 1.29 is 28.1 Å². The average Bonchev–Trinajstić information content (AvgIpc) is 2.97. The highest BCUT2D eigenvalue weighted by Crippen LogP contribution is 2.42. The Morgan fingerprint density at radius 1 is 0.949 bits per heavy atom. The minimum absolute atomic E-state index is 0.0341. The molecule has 3 aromatic rings. The van der Waals surface area contributed by atoms with Crippen molar-refractivity contribution in [1.82, 2.24) is 10.2 Å². The average molecular weight is 563 g/mol. The Morgan fingerprint density at radius 3 is 2.05 bits per heavy atom. The molecule has 1 saturated heterocycles. The third-order valence-corrected chi connectivity index (χ3v) is 8.38. The summed E-state index contributed by atoms with van der Waals surface area (Å²) in [5.41, 5.74) is 1.16. The van der Waals surface area contributed by atoms with Gasteiger partial charge in [-0.3, -0.25) is 18.7 Å². The molecule has 8 nitrogen and oxygen atoms in total. The molecule has 0 aliphatic carbocycles. The number of allylic oxidation sites excluding steroid dienone is 1. The first-order valence-corrected chi connectivity index (χ1v) is 13.6. The molecule has 2 amide bonds. The first-order valence-electron chi connectivity index (χ1n) is 12.0. The number of nitrogens with zero attached hydrogens (tertiary/aromatic N) is 1. The molecule has 3 aromatic carbocycles. The van der Waals surface area contributed by atoms with E-state index in [1.165, 1.54) is 0 Å². The number of β-lactam (4-membered cyclic amide) rings is 1. The highest BCUT2D eigenvalue weighted by molar-refractivity contribution is 7.90. The number of rotatable bonds is 8. The summed E-state index contributed by atoms with van der Waals surface area (Å²) in [6.45, 7) is 3.41. The highest BCUT2D eigenvalue weighted by Gasteiger charge is 2.58. The van der Waals surface area contributed by atoms with E-state index in [4.69, 9.17) is 21.1 Å². The van der Waals surface area contributed by atoms with Crippen LogP contribution in [0.1, 0.15) is 17.2 Å². The minimum Gasteiger partial charge on any atom is -0.484 e. The van der Waals surface area contributed by atoms with E-state index >= 15 is 0 Å². The Balaban J connectivity index is 1.36. The lowest BCUT2D eigenvalue weighted by Gasteiger charge is -2.49. The van der Waals surface area contributed by atoms with Crippen LogP contribution in [0.2, 0.25) is 0 Å². The zero-order chi connectivity index (χ0) is 27.5. The lowest BCUT2D eigenvalue weighted by Crippen LogP contribution is -2.73. The molecule has 2 aliphatic heterocycles. The smallest absolute Gasteiger partial charge is 0.357 e. The van der Waals surface area contributed by atoms with Gasteiger partial charge in [-0.1, -0.05) is 97.0 Å². The van der Waals surface area contributed by atoms with Crippen LogP contribution in [-0.2, 0) is 29.9 Å². The van der Waals surface area contributed by atoms with Crippen LogP contribution in [0.4, 0.5) is 0 Å². The van der Waals surface area contributed by atoms with Crippen LogP contribution >= 0.6 is 11.6 Å². The van der Waals surface area contributed by atoms with Crippen molar-refractivity contribution in [3.8, 4) is 5.75 Å². The summed E-state index contributed by atoms with van der Waals surface area (Å²) >= 11 is 6.41. The summed E-state index contributed by atoms with van der Waals surface area (Å²) in [7, 11) is -1.87. The monoisotopic (exact) mass is 562 g/mol. The Kier molecular flexibility index (Phi) is 7.63. The molecule has 3 atom stereocenters. The second kappa shape index (κ2) is 11.3. The number of carbonyl (C=O) groups is 3. The van der Waals surface area contributed by atoms with E-state index in [-0.39, 0.29) is 22.2 Å². The summed E-state index contributed by atoms with van der Waals surface area (Å²) in [5, 5.41) is 1.26. The molecule has 39 heavy (non-hydrogen) atoms. The second-order valence-corrected chi connectivity index (χ2v) is 10.7. The number of esters is 1. The Hall–Kier alpha value is -4.21. The van der Waals surface area contributed by atoms with E-state index in [1.54, 1.807) is 24.3 Å². The van der Waals surface area contributed by atoms with Crippen molar-refractivity contribution in [3.63, 3.8) is 0 Å². The topological polar surface area (TPSA) is 102 Å². The van der Waals surface area contributed by atoms with Gasteiger partial charge in [-0.2, -0.15) is 0 Å². The fraction of sp³-hybridized carbons (Fsp3) is 0.138. The maximum atomic E-state index is 13.5. The van der Waals surface area contributed by atoms with Crippen molar-refractivity contribution in [3.05, 3.63) is 124 Å². The molecule has 0 spiro atoms. The van der Waals surface area contributed by atoms with Gasteiger partial charge in [0.1, 0.15) is 17.2 Å². The first-order chi connectivity index (χ1) is 18.9. The van der Waals surface area contributed by atoms with Crippen LogP contribution in [0.25, 0.3) is 0 Å². The van der Waals surface area contributed by atoms with Crippen LogP contribution in [0.3, 0.4) is 0 Å². The van der Waals surface area contributed by atoms with Crippen molar-refractivity contribution >= 4 is 40.2 Å². The number of halogens is 1. The van der Waals surface area contributed by atoms with Gasteiger partial charge < -0.3 is 14.8 Å². The van der Waals surface area contributed by atoms with Crippen LogP contribution in [0.5, 0.6) is 5.75 Å². The molecule has 10 heteroatoms. The third kappa shape index (κ3) is 5.23. The van der Waals surface area contributed by atoms with Gasteiger partial charge in [-0.25, -0.2) is 4.79 Å². The van der Waals surface area contributed by atoms with E-state index in [0.29, 0.717) is 16.9 Å². The molecule has 1 N–H and O–H groups in total. The molecule has 2 aliphatic rings. The number of fused-ring (bicyclic) bond motifs is 1. The van der Waals surface area contributed by atoms with Gasteiger partial charge in [-0.05, 0) is 23.3 Å². The van der Waals surface area contributed by atoms with Gasteiger partial charge in [0.05, 0.1) is 20.7 Å². The number of benzene rings is 3. The lowest BCUT2D eigenvalue weighted by molar-refractivity contribution is -0.154. The fourth-order valence-electron chi connectivity index (χ4n) is 4.34. The summed E-state index contributed by atoms with van der Waals surface area (Å²) in [6.07, 6.45) is -0.794. The van der Waals surface area contributed by atoms with Gasteiger partial charge >= 0.3 is 5.97 Å². The molecule has 0 saturated carbocycles. The van der Waals surface area contributed by atoms with Crippen LogP contribution in [0, 0.1) is 0 Å². The summed E-state index contributed by atoms with van der Waals surface area (Å²) in [5.74, 6) is -1.63. The van der Waals surface area contributed by atoms with Crippen molar-refractivity contribution in [2.75, 3.05) is 6.61 Å². The number of hydrogen-bond acceptors (Lipinski definition) is 6. The number of nitrogens with one attached hydrogen (secondary N) is 1. The van der Waals surface area contributed by atoms with Crippen molar-refractivity contribution in [2.24, 2.45) is 0 Å². The molecular weight excluding hydrogens is 540 g/mol. The summed E-state index contributed by atoms with van der Waals surface area (Å²) in [6, 6.07) is 25.8. The van der Waals surface area contributed by atoms with Crippen LogP contribution in [-0.4, -0.2) is 44.9 Å². The molecule has 0 aromatic heterocycles. The first kappa shape index (κ1) is 26.4. The van der Waals surface area contributed by atoms with Crippen molar-refractivity contribution in [2.45, 2.75) is 17.5 Å². The lowest BCUT2D eigenvalue weighted by atomic mass is 10.0.